The van der Waals surface area contributed by atoms with Crippen molar-refractivity contribution in [2.75, 3.05) is 12.3 Å². The maximum absolute atomic E-state index is 17.6. The van der Waals surface area contributed by atoms with Crippen molar-refractivity contribution in [1.29, 1.82) is 0 Å². The maximum Gasteiger partial charge on any atom is 0.192 e. The molecule has 44 heavy (non-hydrogen) atoms. The van der Waals surface area contributed by atoms with E-state index in [1.165, 1.54) is 12.2 Å². The lowest BCUT2D eigenvalue weighted by atomic mass is 9.52. The highest BCUT2D eigenvalue weighted by Gasteiger charge is 2.65. The molecule has 1 aliphatic heterocycles. The van der Waals surface area contributed by atoms with Gasteiger partial charge in [-0.05, 0) is 86.3 Å². The lowest BCUT2D eigenvalue weighted by Crippen LogP contribution is -2.60. The Labute approximate surface area is 257 Å². The van der Waals surface area contributed by atoms with Gasteiger partial charge in [0.05, 0.1) is 12.2 Å². The molecule has 232 valence electrons. The zero-order valence-corrected chi connectivity index (χ0v) is 25.1. The Morgan fingerprint density at radius 3 is 2.61 bits per heavy atom. The first kappa shape index (κ1) is 30.6. The van der Waals surface area contributed by atoms with E-state index in [1.54, 1.807) is 13.0 Å². The van der Waals surface area contributed by atoms with Gasteiger partial charge in [-0.3, -0.25) is 9.59 Å². The zero-order chi connectivity index (χ0) is 31.3. The quantitative estimate of drug-likeness (QED) is 0.305. The van der Waals surface area contributed by atoms with Crippen molar-refractivity contribution in [3.05, 3.63) is 89.0 Å². The fourth-order valence-corrected chi connectivity index (χ4v) is 8.00. The highest BCUT2D eigenvalue weighted by molar-refractivity contribution is 6.01. The minimum Gasteiger partial charge on any atom is -0.399 e. The molecule has 3 fully saturated rings. The summed E-state index contributed by atoms with van der Waals surface area (Å²) in [6.07, 6.45) is 6.62. The number of nitrogens with two attached hydrogens (primary N) is 1. The van der Waals surface area contributed by atoms with Crippen LogP contribution in [0.2, 0.25) is 0 Å². The Hall–Kier alpha value is -3.43. The van der Waals surface area contributed by atoms with E-state index >= 15 is 4.39 Å². The summed E-state index contributed by atoms with van der Waals surface area (Å²) in [4.78, 5) is 25.6. The van der Waals surface area contributed by atoms with Crippen LogP contribution in [0.1, 0.15) is 68.9 Å². The number of rotatable bonds is 5. The molecule has 2 saturated carbocycles. The monoisotopic (exact) mass is 601 g/mol. The first-order valence-electron chi connectivity index (χ1n) is 15.4. The number of ketones is 2. The fraction of sp³-hybridized carbons (Fsp3) is 0.444. The number of alkyl halides is 1. The van der Waals surface area contributed by atoms with Crippen molar-refractivity contribution in [1.82, 2.24) is 0 Å². The zero-order valence-electron chi connectivity index (χ0n) is 25.1. The van der Waals surface area contributed by atoms with Gasteiger partial charge in [-0.2, -0.15) is 0 Å². The molecule has 0 radical (unpaired) electrons. The molecule has 4 aliphatic rings. The van der Waals surface area contributed by atoms with Crippen molar-refractivity contribution in [3.8, 4) is 0 Å². The standard InChI is InChI=1S/C36H40FNO6/c1-22-18-32-35(31(42)21-39,17-15-30(41)36(37)29(22)13-12-26-20-28(40)14-16-34(26,36)2)44-33(43-32)25-10-8-23(9-11-25)6-7-24-4-3-5-27(38)19-24/h3-11,14,16,19-20,22,29-30,32-33,39,41H,12-13,15,17-18,21,38H2,1-2H3/b7-6+/t22-,29-,30-,32+,33+,34-,35+,36-/m0/s1. The van der Waals surface area contributed by atoms with Gasteiger partial charge < -0.3 is 25.4 Å². The van der Waals surface area contributed by atoms with Crippen LogP contribution in [0.25, 0.3) is 12.2 Å². The van der Waals surface area contributed by atoms with E-state index in [-0.39, 0.29) is 24.5 Å². The summed E-state index contributed by atoms with van der Waals surface area (Å²) < 4.78 is 30.5. The number of aliphatic hydroxyl groups is 2. The molecule has 8 atom stereocenters. The van der Waals surface area contributed by atoms with Crippen LogP contribution < -0.4 is 5.73 Å². The summed E-state index contributed by atoms with van der Waals surface area (Å²) in [5.74, 6) is -1.56. The molecule has 4 N–H and O–H groups in total. The average Bonchev–Trinajstić information content (AvgIpc) is 3.39. The number of Topliss-reactive ketones (excluding diaryl/α,β-unsaturated/α-hetero) is 1. The largest absolute Gasteiger partial charge is 0.399 e. The number of fused-ring (bicyclic) bond motifs is 4. The summed E-state index contributed by atoms with van der Waals surface area (Å²) in [5.41, 5.74) is 5.14. The van der Waals surface area contributed by atoms with E-state index in [4.69, 9.17) is 15.2 Å². The smallest absolute Gasteiger partial charge is 0.192 e. The summed E-state index contributed by atoms with van der Waals surface area (Å²) in [5, 5.41) is 21.7. The fourth-order valence-electron chi connectivity index (χ4n) is 8.00. The number of carbonyl (C=O) groups is 2. The van der Waals surface area contributed by atoms with Gasteiger partial charge in [0.25, 0.3) is 0 Å². The van der Waals surface area contributed by atoms with Gasteiger partial charge in [-0.15, -0.1) is 0 Å². The number of halogens is 1. The second-order valence-electron chi connectivity index (χ2n) is 13.0. The van der Waals surface area contributed by atoms with E-state index in [2.05, 4.69) is 0 Å². The highest BCUT2D eigenvalue weighted by Crippen LogP contribution is 2.61. The molecule has 6 rings (SSSR count). The number of nitrogen functional groups attached to an aromatic ring is 1. The van der Waals surface area contributed by atoms with Crippen LogP contribution in [0.3, 0.4) is 0 Å². The summed E-state index contributed by atoms with van der Waals surface area (Å²) in [7, 11) is 0. The Bertz CT molecular complexity index is 1530. The van der Waals surface area contributed by atoms with Crippen molar-refractivity contribution in [2.45, 2.75) is 75.7 Å². The van der Waals surface area contributed by atoms with Gasteiger partial charge in [0, 0.05) is 16.7 Å². The molecule has 8 heteroatoms. The van der Waals surface area contributed by atoms with E-state index in [0.717, 1.165) is 11.1 Å². The number of ether oxygens (including phenoxy) is 2. The molecule has 3 aliphatic carbocycles. The van der Waals surface area contributed by atoms with Crippen LogP contribution in [0.4, 0.5) is 10.1 Å². The summed E-state index contributed by atoms with van der Waals surface area (Å²) in [6.45, 7) is 2.93. The second kappa shape index (κ2) is 11.5. The Morgan fingerprint density at radius 1 is 1.14 bits per heavy atom. The van der Waals surface area contributed by atoms with Gasteiger partial charge in [-0.1, -0.05) is 67.1 Å². The molecule has 0 bridgehead atoms. The van der Waals surface area contributed by atoms with Crippen molar-refractivity contribution in [3.63, 3.8) is 0 Å². The molecule has 0 spiro atoms. The molecule has 1 saturated heterocycles. The van der Waals surface area contributed by atoms with Crippen LogP contribution in [-0.2, 0) is 19.1 Å². The van der Waals surface area contributed by atoms with Gasteiger partial charge in [-0.25, -0.2) is 4.39 Å². The third kappa shape index (κ3) is 4.98. The number of hydrogen-bond acceptors (Lipinski definition) is 7. The first-order valence-corrected chi connectivity index (χ1v) is 15.4. The van der Waals surface area contributed by atoms with Crippen molar-refractivity contribution < 1.29 is 33.7 Å². The van der Waals surface area contributed by atoms with E-state index < -0.39 is 53.5 Å². The molecule has 7 nitrogen and oxygen atoms in total. The highest BCUT2D eigenvalue weighted by atomic mass is 19.1. The number of aliphatic hydroxyl groups excluding tert-OH is 2. The number of benzene rings is 2. The molecular formula is C36H40FNO6. The first-order chi connectivity index (χ1) is 21.0. The summed E-state index contributed by atoms with van der Waals surface area (Å²) >= 11 is 0. The lowest BCUT2D eigenvalue weighted by Gasteiger charge is -2.55. The average molecular weight is 602 g/mol. The predicted molar refractivity (Wildman–Crippen MR) is 166 cm³/mol. The number of allylic oxidation sites excluding steroid dienone is 4. The van der Waals surface area contributed by atoms with Crippen molar-refractivity contribution >= 4 is 29.4 Å². The van der Waals surface area contributed by atoms with Crippen LogP contribution in [0.5, 0.6) is 0 Å². The minimum atomic E-state index is -2.07. The lowest BCUT2D eigenvalue weighted by molar-refractivity contribution is -0.156. The van der Waals surface area contributed by atoms with Gasteiger partial charge in [0.15, 0.2) is 29.1 Å². The number of carbonyl (C=O) groups excluding carboxylic acids is 2. The summed E-state index contributed by atoms with van der Waals surface area (Å²) in [6, 6.07) is 15.2. The molecular weight excluding hydrogens is 561 g/mol. The maximum atomic E-state index is 17.6. The molecule has 2 aromatic carbocycles. The van der Waals surface area contributed by atoms with Crippen LogP contribution >= 0.6 is 0 Å². The van der Waals surface area contributed by atoms with E-state index in [9.17, 15) is 19.8 Å². The second-order valence-corrected chi connectivity index (χ2v) is 13.0. The molecule has 0 amide bonds. The Balaban J connectivity index is 1.28. The normalized spacial score (nSPS) is 36.9. The third-order valence-electron chi connectivity index (χ3n) is 10.5. The number of hydrogen-bond donors (Lipinski definition) is 3. The molecule has 0 aromatic heterocycles. The van der Waals surface area contributed by atoms with Gasteiger partial charge in [0.2, 0.25) is 0 Å². The van der Waals surface area contributed by atoms with Gasteiger partial charge >= 0.3 is 0 Å². The molecule has 1 heterocycles. The van der Waals surface area contributed by atoms with Gasteiger partial charge in [0.1, 0.15) is 6.61 Å². The van der Waals surface area contributed by atoms with E-state index in [0.29, 0.717) is 36.1 Å². The minimum absolute atomic E-state index is 0.0152. The van der Waals surface area contributed by atoms with Crippen LogP contribution in [-0.4, -0.2) is 51.9 Å². The van der Waals surface area contributed by atoms with Crippen LogP contribution in [0.15, 0.2) is 72.3 Å². The molecule has 2 aromatic rings. The SMILES string of the molecule is C[C@H]1C[C@H]2O[C@@H](c3ccc(/C=C/c4cccc(N)c4)cc3)O[C@@]2(C(=O)CO)CC[C@H](O)[C@@]2(F)[C@H]1CCC1=CC(=O)C=C[C@@]12C. The van der Waals surface area contributed by atoms with Crippen LogP contribution in [0, 0.1) is 17.3 Å². The topological polar surface area (TPSA) is 119 Å². The van der Waals surface area contributed by atoms with E-state index in [1.807, 2.05) is 67.6 Å². The molecule has 0 unspecified atom stereocenters. The third-order valence-corrected chi connectivity index (χ3v) is 10.5. The van der Waals surface area contributed by atoms with Crippen molar-refractivity contribution in [2.24, 2.45) is 17.3 Å². The predicted octanol–water partition coefficient (Wildman–Crippen LogP) is 5.52. The number of anilines is 1. The Morgan fingerprint density at radius 2 is 1.89 bits per heavy atom. The Kier molecular flexibility index (Phi) is 7.99.